The number of benzene rings is 2. The lowest BCUT2D eigenvalue weighted by Crippen LogP contribution is -2.72. The number of carbonyl (C=O) groups excluding carboxylic acids is 1. The molecule has 0 saturated carbocycles. The number of hydrogen-bond donors (Lipinski definition) is 3. The van der Waals surface area contributed by atoms with Crippen molar-refractivity contribution in [1.82, 2.24) is 5.32 Å². The number of ether oxygens (including phenoxy) is 1. The average Bonchev–Trinajstić information content (AvgIpc) is 2.87. The average molecular weight is 516 g/mol. The molecule has 200 valence electrons. The van der Waals surface area contributed by atoms with Crippen molar-refractivity contribution in [3.63, 3.8) is 0 Å². The van der Waals surface area contributed by atoms with Gasteiger partial charge in [0.1, 0.15) is 18.1 Å². The van der Waals surface area contributed by atoms with Crippen molar-refractivity contribution in [3.05, 3.63) is 87.2 Å². The van der Waals surface area contributed by atoms with E-state index in [2.05, 4.69) is 70.1 Å². The van der Waals surface area contributed by atoms with E-state index >= 15 is 0 Å². The zero-order chi connectivity index (χ0) is 27.6. The summed E-state index contributed by atoms with van der Waals surface area (Å²) in [6, 6.07) is 9.30. The lowest BCUT2D eigenvalue weighted by molar-refractivity contribution is -0.451. The van der Waals surface area contributed by atoms with Crippen LogP contribution in [0, 0.1) is 18.8 Å². The molecule has 0 spiro atoms. The number of carboxylic acids is 1. The molecule has 1 amide bonds. The van der Waals surface area contributed by atoms with E-state index in [1.165, 1.54) is 11.6 Å². The monoisotopic (exact) mass is 515 g/mol. The minimum atomic E-state index is -1.05. The van der Waals surface area contributed by atoms with Gasteiger partial charge in [-0.2, -0.15) is 0 Å². The molecule has 3 N–H and O–H groups in total. The van der Waals surface area contributed by atoms with E-state index in [1.807, 2.05) is 12.1 Å². The number of carboxylic acid groups (broad SMARTS) is 1. The normalized spacial score (nSPS) is 19.3. The maximum absolute atomic E-state index is 12.8. The molecule has 1 aliphatic heterocycles. The largest absolute Gasteiger partial charge is 0.478 e. The third-order valence-electron chi connectivity index (χ3n) is 7.50. The number of allylic oxidation sites excluding steroid dienone is 3. The summed E-state index contributed by atoms with van der Waals surface area (Å²) in [5, 5.41) is 13.2. The highest BCUT2D eigenvalue weighted by atomic mass is 16.5. The number of rotatable bonds is 8. The van der Waals surface area contributed by atoms with Gasteiger partial charge in [-0.25, -0.2) is 9.79 Å². The Hall–Kier alpha value is -3.67. The molecule has 2 aromatic carbocycles. The van der Waals surface area contributed by atoms with Crippen LogP contribution in [0.3, 0.4) is 0 Å². The summed E-state index contributed by atoms with van der Waals surface area (Å²) in [7, 11) is 0. The van der Waals surface area contributed by atoms with Crippen LogP contribution in [-0.2, 0) is 6.42 Å². The van der Waals surface area contributed by atoms with Crippen molar-refractivity contribution in [3.8, 4) is 5.75 Å². The van der Waals surface area contributed by atoms with Crippen LogP contribution in [0.5, 0.6) is 5.75 Å². The molecule has 1 aliphatic carbocycles. The highest BCUT2D eigenvalue weighted by Gasteiger charge is 2.40. The first kappa shape index (κ1) is 27.4. The lowest BCUT2D eigenvalue weighted by atomic mass is 9.72. The molecule has 2 atom stereocenters. The van der Waals surface area contributed by atoms with Gasteiger partial charge in [0.25, 0.3) is 5.91 Å². The number of nitrogens with one attached hydrogen (secondary N) is 2. The maximum Gasteiger partial charge on any atom is 0.336 e. The van der Waals surface area contributed by atoms with Gasteiger partial charge >= 0.3 is 5.97 Å². The second-order valence-corrected chi connectivity index (χ2v) is 10.7. The summed E-state index contributed by atoms with van der Waals surface area (Å²) in [5.74, 6) is 0.287. The SMILES string of the molecule is CC[NH+]=C1C=C2Oc3cc(CC)c(C)cc3C(c3ccc(C(=O)NCCC(C)C)cc3C(=O)O)C2C=C1C. The van der Waals surface area contributed by atoms with Crippen molar-refractivity contribution >= 4 is 17.6 Å². The smallest absolute Gasteiger partial charge is 0.336 e. The van der Waals surface area contributed by atoms with Gasteiger partial charge in [-0.15, -0.1) is 0 Å². The van der Waals surface area contributed by atoms with E-state index in [0.717, 1.165) is 53.3 Å². The van der Waals surface area contributed by atoms with E-state index in [0.29, 0.717) is 23.6 Å². The van der Waals surface area contributed by atoms with Gasteiger partial charge in [0.15, 0.2) is 0 Å². The van der Waals surface area contributed by atoms with Gasteiger partial charge in [0, 0.05) is 41.2 Å². The summed E-state index contributed by atoms with van der Waals surface area (Å²) in [4.78, 5) is 28.8. The summed E-state index contributed by atoms with van der Waals surface area (Å²) in [6.07, 6.45) is 5.95. The van der Waals surface area contributed by atoms with Gasteiger partial charge < -0.3 is 15.2 Å². The molecule has 2 aromatic rings. The highest BCUT2D eigenvalue weighted by Crippen LogP contribution is 2.49. The topological polar surface area (TPSA) is 89.6 Å². The first-order chi connectivity index (χ1) is 18.1. The molecule has 0 saturated heterocycles. The van der Waals surface area contributed by atoms with Crippen LogP contribution in [-0.4, -0.2) is 35.8 Å². The van der Waals surface area contributed by atoms with E-state index < -0.39 is 5.97 Å². The second-order valence-electron chi connectivity index (χ2n) is 10.7. The number of hydrogen-bond acceptors (Lipinski definition) is 3. The molecule has 0 aromatic heterocycles. The van der Waals surface area contributed by atoms with Gasteiger partial charge in [-0.3, -0.25) is 4.79 Å². The van der Waals surface area contributed by atoms with Gasteiger partial charge in [-0.1, -0.05) is 39.0 Å². The predicted octanol–water partition coefficient (Wildman–Crippen LogP) is 4.56. The molecule has 38 heavy (non-hydrogen) atoms. The molecule has 0 radical (unpaired) electrons. The van der Waals surface area contributed by atoms with Crippen molar-refractivity contribution in [2.45, 2.75) is 60.3 Å². The molecular formula is C32H39N2O4+. The number of aromatic carboxylic acids is 1. The molecule has 0 bridgehead atoms. The zero-order valence-electron chi connectivity index (χ0n) is 23.3. The zero-order valence-corrected chi connectivity index (χ0v) is 23.3. The number of amides is 1. The number of fused-ring (bicyclic) bond motifs is 2. The molecule has 1 heterocycles. The Morgan fingerprint density at radius 1 is 1.11 bits per heavy atom. The molecule has 0 fully saturated rings. The van der Waals surface area contributed by atoms with Crippen molar-refractivity contribution in [2.75, 3.05) is 13.1 Å². The van der Waals surface area contributed by atoms with Crippen LogP contribution in [0.1, 0.15) is 89.9 Å². The maximum atomic E-state index is 12.8. The summed E-state index contributed by atoms with van der Waals surface area (Å²) in [6.45, 7) is 13.9. The predicted molar refractivity (Wildman–Crippen MR) is 150 cm³/mol. The Bertz CT molecular complexity index is 1350. The van der Waals surface area contributed by atoms with Gasteiger partial charge in [0.2, 0.25) is 5.71 Å². The first-order valence-electron chi connectivity index (χ1n) is 13.6. The molecule has 6 nitrogen and oxygen atoms in total. The van der Waals surface area contributed by atoms with E-state index in [9.17, 15) is 14.7 Å². The summed E-state index contributed by atoms with van der Waals surface area (Å²) in [5.41, 5.74) is 6.60. The quantitative estimate of drug-likeness (QED) is 0.481. The molecular weight excluding hydrogens is 476 g/mol. The van der Waals surface area contributed by atoms with Crippen LogP contribution in [0.4, 0.5) is 0 Å². The second kappa shape index (κ2) is 11.4. The molecule has 2 unspecified atom stereocenters. The number of carbonyl (C=O) groups is 2. The third-order valence-corrected chi connectivity index (χ3v) is 7.50. The Morgan fingerprint density at radius 3 is 2.53 bits per heavy atom. The van der Waals surface area contributed by atoms with Crippen LogP contribution < -0.4 is 15.0 Å². The lowest BCUT2D eigenvalue weighted by Gasteiger charge is -2.37. The standard InChI is InChI=1S/C32H38N2O4/c1-7-21-16-28-25(13-19(21)5)30(26-14-20(6)27(33-8-2)17-29(26)38-28)23-10-9-22(15-24(23)32(36)37)31(35)34-12-11-18(3)4/h9-10,13-18,26,30H,7-8,11-12H2,1-6H3,(H,34,35)(H,36,37)/p+1. The van der Waals surface area contributed by atoms with Crippen LogP contribution >= 0.6 is 0 Å². The first-order valence-corrected chi connectivity index (χ1v) is 13.6. The fourth-order valence-corrected chi connectivity index (χ4v) is 5.41. The van der Waals surface area contributed by atoms with Gasteiger partial charge in [-0.05, 0) is 74.4 Å². The van der Waals surface area contributed by atoms with Crippen LogP contribution in [0.15, 0.2) is 53.8 Å². The van der Waals surface area contributed by atoms with Crippen LogP contribution in [0.25, 0.3) is 0 Å². The molecule has 4 rings (SSSR count). The Morgan fingerprint density at radius 2 is 1.87 bits per heavy atom. The van der Waals surface area contributed by atoms with E-state index in [-0.39, 0.29) is 23.3 Å². The minimum Gasteiger partial charge on any atom is -0.478 e. The van der Waals surface area contributed by atoms with E-state index in [1.54, 1.807) is 6.07 Å². The summed E-state index contributed by atoms with van der Waals surface area (Å²) < 4.78 is 6.48. The Balaban J connectivity index is 1.85. The van der Waals surface area contributed by atoms with Crippen molar-refractivity contribution in [2.24, 2.45) is 11.8 Å². The fraction of sp³-hybridized carbons (Fsp3) is 0.406. The fourth-order valence-electron chi connectivity index (χ4n) is 5.41. The third kappa shape index (κ3) is 5.45. The van der Waals surface area contributed by atoms with E-state index in [4.69, 9.17) is 4.74 Å². The number of aryl methyl sites for hydroxylation is 2. The van der Waals surface area contributed by atoms with Crippen molar-refractivity contribution < 1.29 is 24.4 Å². The summed E-state index contributed by atoms with van der Waals surface area (Å²) >= 11 is 0. The molecule has 6 heteroatoms. The van der Waals surface area contributed by atoms with Crippen LogP contribution in [0.2, 0.25) is 0 Å². The van der Waals surface area contributed by atoms with Gasteiger partial charge in [0.05, 0.1) is 5.56 Å². The molecule has 2 aliphatic rings. The van der Waals surface area contributed by atoms with Crippen molar-refractivity contribution in [1.29, 1.82) is 0 Å². The Kier molecular flexibility index (Phi) is 8.20. The Labute approximate surface area is 225 Å². The highest BCUT2D eigenvalue weighted by molar-refractivity contribution is 6.05. The minimum absolute atomic E-state index is 0.142.